The molecule has 4 aliphatic rings. The van der Waals surface area contributed by atoms with Crippen LogP contribution in [0.1, 0.15) is 71.6 Å². The van der Waals surface area contributed by atoms with Crippen LogP contribution < -0.4 is 0 Å². The highest BCUT2D eigenvalue weighted by Gasteiger charge is 2.56. The second-order valence-corrected chi connectivity index (χ2v) is 9.15. The maximum Gasteiger partial charge on any atom is 0.330 e. The molecule has 0 heterocycles. The topological polar surface area (TPSA) is 26.3 Å². The number of hydrogen-bond donors (Lipinski definition) is 0. The molecular weight excluding hydrogens is 296 g/mol. The summed E-state index contributed by atoms with van der Waals surface area (Å²) in [5.41, 5.74) is 3.84. The normalized spacial score (nSPS) is 45.9. The molecule has 5 atom stereocenters. The average molecular weight is 328 g/mol. The first-order chi connectivity index (χ1) is 11.5. The highest BCUT2D eigenvalue weighted by atomic mass is 16.5. The summed E-state index contributed by atoms with van der Waals surface area (Å²) in [5.74, 6) is 2.27. The van der Waals surface area contributed by atoms with Crippen LogP contribution in [-0.2, 0) is 9.53 Å². The molecule has 0 aromatic rings. The third-order valence-electron chi connectivity index (χ3n) is 8.36. The Morgan fingerprint density at radius 2 is 1.92 bits per heavy atom. The lowest BCUT2D eigenvalue weighted by atomic mass is 9.48. The largest absolute Gasteiger partial charge is 0.466 e. The monoisotopic (exact) mass is 328 g/mol. The van der Waals surface area contributed by atoms with Crippen LogP contribution in [0, 0.1) is 28.6 Å². The van der Waals surface area contributed by atoms with Crippen LogP contribution in [0.4, 0.5) is 0 Å². The van der Waals surface area contributed by atoms with Gasteiger partial charge in [0.25, 0.3) is 0 Å². The third kappa shape index (κ3) is 2.24. The van der Waals surface area contributed by atoms with E-state index in [1.54, 1.807) is 5.57 Å². The minimum absolute atomic E-state index is 0.168. The molecule has 24 heavy (non-hydrogen) atoms. The van der Waals surface area contributed by atoms with Crippen molar-refractivity contribution >= 4 is 5.97 Å². The van der Waals surface area contributed by atoms with Gasteiger partial charge in [-0.05, 0) is 80.0 Å². The van der Waals surface area contributed by atoms with E-state index < -0.39 is 0 Å². The number of esters is 1. The zero-order chi connectivity index (χ0) is 16.9. The molecule has 132 valence electrons. The SMILES string of the molecule is COC(=O)C=C1CC[C@H]2[C@@H]3CC=C4CCCC[C@]4(C)[C@H]3CC[C@]12C. The second kappa shape index (κ2) is 5.75. The summed E-state index contributed by atoms with van der Waals surface area (Å²) in [6.07, 6.45) is 16.2. The van der Waals surface area contributed by atoms with Gasteiger partial charge in [0.15, 0.2) is 0 Å². The maximum absolute atomic E-state index is 11.8. The predicted molar refractivity (Wildman–Crippen MR) is 96.4 cm³/mol. The number of fused-ring (bicyclic) bond motifs is 5. The zero-order valence-electron chi connectivity index (χ0n) is 15.6. The van der Waals surface area contributed by atoms with Crippen molar-refractivity contribution in [3.05, 3.63) is 23.3 Å². The molecule has 0 aromatic heterocycles. The van der Waals surface area contributed by atoms with Gasteiger partial charge < -0.3 is 4.74 Å². The predicted octanol–water partition coefficient (Wildman–Crippen LogP) is 5.44. The number of methoxy groups -OCH3 is 1. The van der Waals surface area contributed by atoms with Gasteiger partial charge in [0.05, 0.1) is 7.11 Å². The van der Waals surface area contributed by atoms with Gasteiger partial charge in [0, 0.05) is 6.08 Å². The summed E-state index contributed by atoms with van der Waals surface area (Å²) in [6, 6.07) is 0. The molecule has 2 nitrogen and oxygen atoms in total. The molecule has 0 aliphatic heterocycles. The summed E-state index contributed by atoms with van der Waals surface area (Å²) >= 11 is 0. The smallest absolute Gasteiger partial charge is 0.330 e. The number of carbonyl (C=O) groups is 1. The molecule has 3 fully saturated rings. The zero-order valence-corrected chi connectivity index (χ0v) is 15.6. The van der Waals surface area contributed by atoms with Gasteiger partial charge in [0.1, 0.15) is 0 Å². The highest BCUT2D eigenvalue weighted by molar-refractivity contribution is 5.83. The van der Waals surface area contributed by atoms with Crippen molar-refractivity contribution in [1.29, 1.82) is 0 Å². The van der Waals surface area contributed by atoms with Crippen LogP contribution in [0.15, 0.2) is 23.3 Å². The van der Waals surface area contributed by atoms with E-state index in [0.717, 1.165) is 24.2 Å². The van der Waals surface area contributed by atoms with Gasteiger partial charge in [-0.1, -0.05) is 37.5 Å². The second-order valence-electron chi connectivity index (χ2n) is 9.15. The van der Waals surface area contributed by atoms with E-state index >= 15 is 0 Å². The molecule has 4 rings (SSSR count). The Labute approximate surface area is 146 Å². The quantitative estimate of drug-likeness (QED) is 0.364. The van der Waals surface area contributed by atoms with Crippen molar-refractivity contribution in [1.82, 2.24) is 0 Å². The summed E-state index contributed by atoms with van der Waals surface area (Å²) in [5, 5.41) is 0. The minimum Gasteiger partial charge on any atom is -0.466 e. The fraction of sp³-hybridized carbons (Fsp3) is 0.773. The summed E-state index contributed by atoms with van der Waals surface area (Å²) in [7, 11) is 1.49. The molecule has 3 saturated carbocycles. The lowest BCUT2D eigenvalue weighted by Gasteiger charge is -2.57. The fourth-order valence-electron chi connectivity index (χ4n) is 6.98. The molecule has 0 aromatic carbocycles. The molecule has 4 aliphatic carbocycles. The number of hydrogen-bond acceptors (Lipinski definition) is 2. The van der Waals surface area contributed by atoms with Crippen LogP contribution in [0.5, 0.6) is 0 Å². The highest BCUT2D eigenvalue weighted by Crippen LogP contribution is 2.66. The molecule has 0 spiro atoms. The van der Waals surface area contributed by atoms with E-state index in [1.807, 2.05) is 6.08 Å². The van der Waals surface area contributed by atoms with E-state index in [4.69, 9.17) is 4.74 Å². The lowest BCUT2D eigenvalue weighted by Crippen LogP contribution is -2.48. The van der Waals surface area contributed by atoms with E-state index in [2.05, 4.69) is 19.9 Å². The Balaban J connectivity index is 1.65. The number of ether oxygens (including phenoxy) is 1. The Hall–Kier alpha value is -1.05. The number of allylic oxidation sites excluding steroid dienone is 3. The van der Waals surface area contributed by atoms with E-state index in [0.29, 0.717) is 5.41 Å². The van der Waals surface area contributed by atoms with Crippen LogP contribution >= 0.6 is 0 Å². The Bertz CT molecular complexity index is 601. The fourth-order valence-corrected chi connectivity index (χ4v) is 6.98. The molecule has 0 saturated heterocycles. The number of rotatable bonds is 1. The van der Waals surface area contributed by atoms with Gasteiger partial charge in [0.2, 0.25) is 0 Å². The minimum atomic E-state index is -0.168. The molecule has 0 amide bonds. The van der Waals surface area contributed by atoms with Crippen molar-refractivity contribution in [3.63, 3.8) is 0 Å². The number of carbonyl (C=O) groups excluding carboxylic acids is 1. The summed E-state index contributed by atoms with van der Waals surface area (Å²) in [4.78, 5) is 11.8. The lowest BCUT2D eigenvalue weighted by molar-refractivity contribution is -0.135. The van der Waals surface area contributed by atoms with E-state index in [-0.39, 0.29) is 11.4 Å². The Kier molecular flexibility index (Phi) is 3.93. The van der Waals surface area contributed by atoms with Crippen molar-refractivity contribution in [2.45, 2.75) is 71.6 Å². The first-order valence-corrected chi connectivity index (χ1v) is 9.97. The van der Waals surface area contributed by atoms with Gasteiger partial charge in [-0.25, -0.2) is 4.79 Å². The van der Waals surface area contributed by atoms with Crippen LogP contribution in [0.25, 0.3) is 0 Å². The first-order valence-electron chi connectivity index (χ1n) is 9.97. The van der Waals surface area contributed by atoms with Crippen molar-refractivity contribution in [2.24, 2.45) is 28.6 Å². The van der Waals surface area contributed by atoms with Crippen LogP contribution in [0.3, 0.4) is 0 Å². The van der Waals surface area contributed by atoms with Crippen molar-refractivity contribution in [2.75, 3.05) is 7.11 Å². The standard InChI is InChI=1S/C22H32O2/c1-21-12-5-4-6-15(21)7-9-17-18-10-8-16(14-20(23)24-3)22(18,2)13-11-19(17)21/h7,14,17-19H,4-6,8-13H2,1-3H3/t17-,18-,19-,21-,22+/m0/s1. The first kappa shape index (κ1) is 16.4. The van der Waals surface area contributed by atoms with Gasteiger partial charge in [-0.2, -0.15) is 0 Å². The molecule has 0 N–H and O–H groups in total. The van der Waals surface area contributed by atoms with Crippen LogP contribution in [-0.4, -0.2) is 13.1 Å². The van der Waals surface area contributed by atoms with Crippen molar-refractivity contribution < 1.29 is 9.53 Å². The molecule has 2 heteroatoms. The molecule has 0 radical (unpaired) electrons. The maximum atomic E-state index is 11.8. The Morgan fingerprint density at radius 3 is 2.71 bits per heavy atom. The van der Waals surface area contributed by atoms with Gasteiger partial charge >= 0.3 is 5.97 Å². The molecular formula is C22H32O2. The van der Waals surface area contributed by atoms with E-state index in [9.17, 15) is 4.79 Å². The van der Waals surface area contributed by atoms with Gasteiger partial charge in [-0.15, -0.1) is 0 Å². The third-order valence-corrected chi connectivity index (χ3v) is 8.36. The van der Waals surface area contributed by atoms with Crippen LogP contribution in [0.2, 0.25) is 0 Å². The van der Waals surface area contributed by atoms with Crippen molar-refractivity contribution in [3.8, 4) is 0 Å². The Morgan fingerprint density at radius 1 is 1.12 bits per heavy atom. The molecule has 0 unspecified atom stereocenters. The summed E-state index contributed by atoms with van der Waals surface area (Å²) < 4.78 is 4.91. The summed E-state index contributed by atoms with van der Waals surface area (Å²) in [6.45, 7) is 5.00. The van der Waals surface area contributed by atoms with Gasteiger partial charge in [-0.3, -0.25) is 0 Å². The average Bonchev–Trinajstić information content (AvgIpc) is 2.91. The molecule has 0 bridgehead atoms. The van der Waals surface area contributed by atoms with E-state index in [1.165, 1.54) is 64.0 Å².